The van der Waals surface area contributed by atoms with E-state index in [0.29, 0.717) is 65.9 Å². The SMILES string of the molecule is O=C(OCc1ccccc1)C1CCCN1C(=O)C=CCNc1cc2c(Nc3ccc(F)c(Cl)c3)ncnc2cc1OCC1CC1. The molecule has 4 aromatic rings. The summed E-state index contributed by atoms with van der Waals surface area (Å²) in [6.45, 7) is 1.61. The summed E-state index contributed by atoms with van der Waals surface area (Å²) in [5.41, 5.74) is 2.85. The van der Waals surface area contributed by atoms with Gasteiger partial charge in [-0.05, 0) is 61.4 Å². The van der Waals surface area contributed by atoms with Crippen LogP contribution in [0.5, 0.6) is 5.75 Å². The highest BCUT2D eigenvalue weighted by atomic mass is 35.5. The van der Waals surface area contributed by atoms with Gasteiger partial charge >= 0.3 is 5.97 Å². The lowest BCUT2D eigenvalue weighted by atomic mass is 10.1. The minimum atomic E-state index is -0.594. The summed E-state index contributed by atoms with van der Waals surface area (Å²) in [4.78, 5) is 36.2. The third kappa shape index (κ3) is 7.69. The van der Waals surface area contributed by atoms with E-state index in [-0.39, 0.29) is 23.5 Å². The summed E-state index contributed by atoms with van der Waals surface area (Å²) in [5.74, 6) is 0.573. The van der Waals surface area contributed by atoms with Crippen LogP contribution in [0, 0.1) is 11.7 Å². The minimum absolute atomic E-state index is 0.00198. The van der Waals surface area contributed by atoms with Crippen LogP contribution in [0.3, 0.4) is 0 Å². The van der Waals surface area contributed by atoms with E-state index in [4.69, 9.17) is 21.1 Å². The topological polar surface area (TPSA) is 106 Å². The molecule has 3 aromatic carbocycles. The maximum Gasteiger partial charge on any atom is 0.329 e. The zero-order chi connectivity index (χ0) is 31.2. The number of nitrogens with one attached hydrogen (secondary N) is 2. The molecule has 1 unspecified atom stereocenters. The molecular formula is C34H33ClFN5O4. The molecule has 1 saturated carbocycles. The van der Waals surface area contributed by atoms with Gasteiger partial charge in [-0.3, -0.25) is 4.79 Å². The standard InChI is InChI=1S/C34H33ClFN5O4/c35-26-16-24(12-13-27(26)36)40-33-25-17-29(31(44-19-23-10-11-23)18-28(25)38-21-39-33)37-14-4-9-32(42)41-15-5-8-30(41)34(43)45-20-22-6-2-1-3-7-22/h1-4,6-7,9,12-13,16-18,21,23,30,37H,5,8,10-11,14-15,19-20H2,(H,38,39,40). The molecule has 1 saturated heterocycles. The lowest BCUT2D eigenvalue weighted by Crippen LogP contribution is -2.40. The van der Waals surface area contributed by atoms with Gasteiger partial charge in [0.15, 0.2) is 0 Å². The number of fused-ring (bicyclic) bond motifs is 1. The predicted octanol–water partition coefficient (Wildman–Crippen LogP) is 6.66. The van der Waals surface area contributed by atoms with Gasteiger partial charge in [-0.1, -0.05) is 48.0 Å². The van der Waals surface area contributed by atoms with Crippen LogP contribution in [0.2, 0.25) is 5.02 Å². The number of rotatable bonds is 12. The van der Waals surface area contributed by atoms with Gasteiger partial charge < -0.3 is 25.0 Å². The summed E-state index contributed by atoms with van der Waals surface area (Å²) in [6, 6.07) is 17.0. The van der Waals surface area contributed by atoms with Crippen molar-refractivity contribution in [3.8, 4) is 5.75 Å². The Morgan fingerprint density at radius 1 is 1.07 bits per heavy atom. The normalized spacial score (nSPS) is 16.2. The van der Waals surface area contributed by atoms with E-state index >= 15 is 0 Å². The number of nitrogens with zero attached hydrogens (tertiary/aromatic N) is 3. The van der Waals surface area contributed by atoms with Crippen molar-refractivity contribution in [3.05, 3.63) is 95.5 Å². The van der Waals surface area contributed by atoms with E-state index in [0.717, 1.165) is 24.8 Å². The number of carbonyl (C=O) groups is 2. The second kappa shape index (κ2) is 13.9. The first-order valence-electron chi connectivity index (χ1n) is 15.0. The number of likely N-dealkylation sites (tertiary alicyclic amines) is 1. The minimum Gasteiger partial charge on any atom is -0.491 e. The average molecular weight is 630 g/mol. The number of amides is 1. The van der Waals surface area contributed by atoms with E-state index in [2.05, 4.69) is 20.6 Å². The van der Waals surface area contributed by atoms with E-state index in [1.807, 2.05) is 42.5 Å². The van der Waals surface area contributed by atoms with Crippen LogP contribution in [0.15, 0.2) is 79.1 Å². The van der Waals surface area contributed by atoms with Crippen molar-refractivity contribution < 1.29 is 23.5 Å². The smallest absolute Gasteiger partial charge is 0.329 e. The van der Waals surface area contributed by atoms with Crippen LogP contribution in [0.4, 0.5) is 21.6 Å². The molecule has 0 bridgehead atoms. The van der Waals surface area contributed by atoms with Gasteiger partial charge in [0.2, 0.25) is 5.91 Å². The Morgan fingerprint density at radius 3 is 2.71 bits per heavy atom. The monoisotopic (exact) mass is 629 g/mol. The third-order valence-electron chi connectivity index (χ3n) is 7.79. The maximum atomic E-state index is 13.7. The van der Waals surface area contributed by atoms with Gasteiger partial charge in [0.25, 0.3) is 0 Å². The Labute approximate surface area is 265 Å². The zero-order valence-corrected chi connectivity index (χ0v) is 25.3. The van der Waals surface area contributed by atoms with Crippen LogP contribution in [-0.4, -0.2) is 52.5 Å². The molecule has 6 rings (SSSR count). The fourth-order valence-electron chi connectivity index (χ4n) is 5.17. The molecule has 0 spiro atoms. The van der Waals surface area contributed by atoms with Crippen molar-refractivity contribution in [2.75, 3.05) is 30.3 Å². The largest absolute Gasteiger partial charge is 0.491 e. The molecular weight excluding hydrogens is 597 g/mol. The fraction of sp³-hybridized carbons (Fsp3) is 0.294. The van der Waals surface area contributed by atoms with Crippen molar-refractivity contribution in [2.45, 2.75) is 38.3 Å². The fourth-order valence-corrected chi connectivity index (χ4v) is 5.35. The van der Waals surface area contributed by atoms with Crippen molar-refractivity contribution in [3.63, 3.8) is 0 Å². The molecule has 1 atom stereocenters. The molecule has 2 heterocycles. The number of hydrogen-bond acceptors (Lipinski definition) is 8. The van der Waals surface area contributed by atoms with Crippen molar-refractivity contribution in [2.24, 2.45) is 5.92 Å². The van der Waals surface area contributed by atoms with Gasteiger partial charge in [0.1, 0.15) is 36.4 Å². The second-order valence-corrected chi connectivity index (χ2v) is 11.6. The average Bonchev–Trinajstić information content (AvgIpc) is 3.75. The van der Waals surface area contributed by atoms with Crippen LogP contribution in [-0.2, 0) is 20.9 Å². The van der Waals surface area contributed by atoms with Crippen LogP contribution in [0.1, 0.15) is 31.2 Å². The van der Waals surface area contributed by atoms with E-state index < -0.39 is 11.9 Å². The number of anilines is 3. The molecule has 232 valence electrons. The van der Waals surface area contributed by atoms with E-state index in [1.165, 1.54) is 24.5 Å². The number of halogens is 2. The zero-order valence-electron chi connectivity index (χ0n) is 24.5. The number of ether oxygens (including phenoxy) is 2. The number of esters is 1. The second-order valence-electron chi connectivity index (χ2n) is 11.2. The lowest BCUT2D eigenvalue weighted by Gasteiger charge is -2.22. The molecule has 45 heavy (non-hydrogen) atoms. The number of hydrogen-bond donors (Lipinski definition) is 2. The Bertz CT molecular complexity index is 1720. The summed E-state index contributed by atoms with van der Waals surface area (Å²) >= 11 is 5.97. The van der Waals surface area contributed by atoms with Gasteiger partial charge in [0, 0.05) is 36.3 Å². The first-order valence-corrected chi connectivity index (χ1v) is 15.4. The van der Waals surface area contributed by atoms with Crippen LogP contribution in [0.25, 0.3) is 10.9 Å². The molecule has 1 aliphatic carbocycles. The highest BCUT2D eigenvalue weighted by molar-refractivity contribution is 6.31. The Balaban J connectivity index is 1.13. The molecule has 2 N–H and O–H groups in total. The predicted molar refractivity (Wildman–Crippen MR) is 171 cm³/mol. The van der Waals surface area contributed by atoms with Gasteiger partial charge in [-0.2, -0.15) is 0 Å². The van der Waals surface area contributed by atoms with Crippen molar-refractivity contribution in [1.29, 1.82) is 0 Å². The van der Waals surface area contributed by atoms with Gasteiger partial charge in [0.05, 0.1) is 22.8 Å². The molecule has 2 fully saturated rings. The Morgan fingerprint density at radius 2 is 1.91 bits per heavy atom. The first kappa shape index (κ1) is 30.3. The number of aromatic nitrogens is 2. The van der Waals surface area contributed by atoms with Crippen molar-refractivity contribution in [1.82, 2.24) is 14.9 Å². The molecule has 2 aliphatic rings. The Kier molecular flexibility index (Phi) is 9.40. The number of carbonyl (C=O) groups excluding carboxylic acids is 2. The lowest BCUT2D eigenvalue weighted by molar-refractivity contribution is -0.153. The highest BCUT2D eigenvalue weighted by Gasteiger charge is 2.34. The van der Waals surface area contributed by atoms with Crippen LogP contribution >= 0.6 is 11.6 Å². The number of benzene rings is 3. The third-order valence-corrected chi connectivity index (χ3v) is 8.08. The summed E-state index contributed by atoms with van der Waals surface area (Å²) in [5, 5.41) is 7.26. The van der Waals surface area contributed by atoms with E-state index in [9.17, 15) is 14.0 Å². The van der Waals surface area contributed by atoms with Gasteiger partial charge in [-0.15, -0.1) is 0 Å². The first-order chi connectivity index (χ1) is 21.9. The highest BCUT2D eigenvalue weighted by Crippen LogP contribution is 2.36. The summed E-state index contributed by atoms with van der Waals surface area (Å²) in [7, 11) is 0. The summed E-state index contributed by atoms with van der Waals surface area (Å²) < 4.78 is 25.4. The van der Waals surface area contributed by atoms with Crippen molar-refractivity contribution >= 4 is 51.6 Å². The van der Waals surface area contributed by atoms with E-state index in [1.54, 1.807) is 17.0 Å². The molecule has 11 heteroatoms. The summed E-state index contributed by atoms with van der Waals surface area (Å²) in [6.07, 6.45) is 8.27. The molecule has 9 nitrogen and oxygen atoms in total. The molecule has 1 aliphatic heterocycles. The maximum absolute atomic E-state index is 13.7. The van der Waals surface area contributed by atoms with Gasteiger partial charge in [-0.25, -0.2) is 19.2 Å². The molecule has 0 radical (unpaired) electrons. The van der Waals surface area contributed by atoms with Crippen LogP contribution < -0.4 is 15.4 Å². The molecule has 1 amide bonds. The Hall–Kier alpha value is -4.70. The quantitative estimate of drug-likeness (QED) is 0.132. The molecule has 1 aromatic heterocycles.